The molecule has 0 aromatic heterocycles. The third kappa shape index (κ3) is 1.97. The van der Waals surface area contributed by atoms with Crippen LogP contribution in [-0.4, -0.2) is 19.1 Å². The van der Waals surface area contributed by atoms with Crippen LogP contribution in [0.2, 0.25) is 0 Å². The normalized spacial score (nSPS) is 24.4. The second-order valence-corrected chi connectivity index (χ2v) is 5.37. The predicted molar refractivity (Wildman–Crippen MR) is 77.9 cm³/mol. The van der Waals surface area contributed by atoms with E-state index in [2.05, 4.69) is 54.3 Å². The van der Waals surface area contributed by atoms with Gasteiger partial charge in [-0.25, -0.2) is 0 Å². The molecule has 0 radical (unpaired) electrons. The number of rotatable bonds is 1. The van der Waals surface area contributed by atoms with Gasteiger partial charge >= 0.3 is 0 Å². The van der Waals surface area contributed by atoms with Crippen molar-refractivity contribution < 1.29 is 0 Å². The van der Waals surface area contributed by atoms with Crippen molar-refractivity contribution in [3.63, 3.8) is 0 Å². The van der Waals surface area contributed by atoms with E-state index in [9.17, 15) is 0 Å². The molecule has 0 spiro atoms. The topological polar surface area (TPSA) is 29.3 Å². The van der Waals surface area contributed by atoms with E-state index in [4.69, 9.17) is 5.73 Å². The second kappa shape index (κ2) is 4.62. The minimum absolute atomic E-state index is 0.358. The number of benzene rings is 2. The maximum absolute atomic E-state index is 6.10. The Balaban J connectivity index is 1.99. The highest BCUT2D eigenvalue weighted by molar-refractivity contribution is 5.94. The van der Waals surface area contributed by atoms with Crippen LogP contribution in [0.15, 0.2) is 42.5 Å². The fraction of sp³-hybridized carbons (Fsp3) is 0.375. The van der Waals surface area contributed by atoms with Crippen LogP contribution in [0.5, 0.6) is 0 Å². The first kappa shape index (κ1) is 11.5. The Morgan fingerprint density at radius 3 is 2.72 bits per heavy atom. The Labute approximate surface area is 108 Å². The van der Waals surface area contributed by atoms with Gasteiger partial charge in [0.2, 0.25) is 0 Å². The van der Waals surface area contributed by atoms with Gasteiger partial charge in [-0.15, -0.1) is 0 Å². The largest absolute Gasteiger partial charge is 0.371 e. The van der Waals surface area contributed by atoms with Gasteiger partial charge in [-0.05, 0) is 23.8 Å². The Morgan fingerprint density at radius 2 is 1.89 bits per heavy atom. The Morgan fingerprint density at radius 1 is 1.11 bits per heavy atom. The maximum Gasteiger partial charge on any atom is 0.0446 e. The van der Waals surface area contributed by atoms with Crippen molar-refractivity contribution in [2.24, 2.45) is 11.7 Å². The average molecular weight is 240 g/mol. The first-order chi connectivity index (χ1) is 8.75. The quantitative estimate of drug-likeness (QED) is 0.830. The van der Waals surface area contributed by atoms with Crippen molar-refractivity contribution in [1.82, 2.24) is 0 Å². The summed E-state index contributed by atoms with van der Waals surface area (Å²) in [6.45, 7) is 4.39. The third-order valence-corrected chi connectivity index (χ3v) is 4.08. The van der Waals surface area contributed by atoms with Gasteiger partial charge in [-0.3, -0.25) is 0 Å². The van der Waals surface area contributed by atoms with Gasteiger partial charge in [0.15, 0.2) is 0 Å². The maximum atomic E-state index is 6.10. The van der Waals surface area contributed by atoms with Crippen molar-refractivity contribution in [2.75, 3.05) is 18.0 Å². The molecule has 18 heavy (non-hydrogen) atoms. The van der Waals surface area contributed by atoms with E-state index in [0.29, 0.717) is 12.0 Å². The molecule has 2 atom stereocenters. The first-order valence-corrected chi connectivity index (χ1v) is 6.74. The molecule has 1 fully saturated rings. The Kier molecular flexibility index (Phi) is 2.96. The number of hydrogen-bond acceptors (Lipinski definition) is 2. The summed E-state index contributed by atoms with van der Waals surface area (Å²) in [5.41, 5.74) is 7.46. The van der Waals surface area contributed by atoms with E-state index in [1.807, 2.05) is 0 Å². The summed E-state index contributed by atoms with van der Waals surface area (Å²) in [5.74, 6) is 0.567. The van der Waals surface area contributed by atoms with Gasteiger partial charge in [-0.1, -0.05) is 43.3 Å². The zero-order chi connectivity index (χ0) is 12.5. The summed E-state index contributed by atoms with van der Waals surface area (Å²) in [6.07, 6.45) is 1.09. The van der Waals surface area contributed by atoms with Crippen LogP contribution in [0.1, 0.15) is 13.3 Å². The van der Waals surface area contributed by atoms with Crippen molar-refractivity contribution in [1.29, 1.82) is 0 Å². The molecular weight excluding hydrogens is 220 g/mol. The van der Waals surface area contributed by atoms with Gasteiger partial charge in [-0.2, -0.15) is 0 Å². The third-order valence-electron chi connectivity index (χ3n) is 4.08. The van der Waals surface area contributed by atoms with Gasteiger partial charge in [0.05, 0.1) is 0 Å². The molecule has 2 aromatic carbocycles. The van der Waals surface area contributed by atoms with Crippen LogP contribution in [0, 0.1) is 5.92 Å². The number of nitrogens with two attached hydrogens (primary N) is 1. The molecule has 2 aromatic rings. The summed E-state index contributed by atoms with van der Waals surface area (Å²) in [5, 5.41) is 2.67. The predicted octanol–water partition coefficient (Wildman–Crippen LogP) is 3.01. The SMILES string of the molecule is CC1CN(c2cccc3ccccc23)CCC1N. The van der Waals surface area contributed by atoms with Gasteiger partial charge in [0.25, 0.3) is 0 Å². The van der Waals surface area contributed by atoms with Crippen molar-refractivity contribution >= 4 is 16.5 Å². The monoisotopic (exact) mass is 240 g/mol. The molecule has 0 aliphatic carbocycles. The fourth-order valence-corrected chi connectivity index (χ4v) is 2.87. The van der Waals surface area contributed by atoms with Gasteiger partial charge < -0.3 is 10.6 Å². The molecule has 1 heterocycles. The fourth-order valence-electron chi connectivity index (χ4n) is 2.87. The lowest BCUT2D eigenvalue weighted by Gasteiger charge is -2.37. The van der Waals surface area contributed by atoms with Crippen LogP contribution in [0.4, 0.5) is 5.69 Å². The minimum Gasteiger partial charge on any atom is -0.371 e. The van der Waals surface area contributed by atoms with Crippen LogP contribution in [0.3, 0.4) is 0 Å². The number of fused-ring (bicyclic) bond motifs is 1. The highest BCUT2D eigenvalue weighted by atomic mass is 15.1. The zero-order valence-corrected chi connectivity index (χ0v) is 10.8. The molecule has 2 heteroatoms. The number of nitrogens with zero attached hydrogens (tertiary/aromatic N) is 1. The summed E-state index contributed by atoms with van der Waals surface area (Å²) >= 11 is 0. The molecule has 3 rings (SSSR count). The molecule has 2 N–H and O–H groups in total. The lowest BCUT2D eigenvalue weighted by Crippen LogP contribution is -2.46. The van der Waals surface area contributed by atoms with E-state index in [0.717, 1.165) is 19.5 Å². The smallest absolute Gasteiger partial charge is 0.0446 e. The van der Waals surface area contributed by atoms with E-state index in [1.165, 1.54) is 16.5 Å². The molecule has 0 amide bonds. The molecule has 0 bridgehead atoms. The van der Waals surface area contributed by atoms with E-state index < -0.39 is 0 Å². The summed E-state index contributed by atoms with van der Waals surface area (Å²) < 4.78 is 0. The van der Waals surface area contributed by atoms with Gasteiger partial charge in [0.1, 0.15) is 0 Å². The van der Waals surface area contributed by atoms with Crippen LogP contribution >= 0.6 is 0 Å². The van der Waals surface area contributed by atoms with Crippen molar-refractivity contribution in [3.05, 3.63) is 42.5 Å². The number of hydrogen-bond donors (Lipinski definition) is 1. The molecular formula is C16H20N2. The van der Waals surface area contributed by atoms with Crippen LogP contribution in [-0.2, 0) is 0 Å². The zero-order valence-electron chi connectivity index (χ0n) is 10.8. The standard InChI is InChI=1S/C16H20N2/c1-12-11-18(10-9-15(12)17)16-8-4-6-13-5-2-3-7-14(13)16/h2-8,12,15H,9-11,17H2,1H3. The molecule has 1 aliphatic heterocycles. The Hall–Kier alpha value is -1.54. The average Bonchev–Trinajstić information content (AvgIpc) is 2.41. The number of anilines is 1. The summed E-state index contributed by atoms with van der Waals surface area (Å²) in [4.78, 5) is 2.48. The highest BCUT2D eigenvalue weighted by Crippen LogP contribution is 2.29. The lowest BCUT2D eigenvalue weighted by atomic mass is 9.94. The highest BCUT2D eigenvalue weighted by Gasteiger charge is 2.23. The second-order valence-electron chi connectivity index (χ2n) is 5.37. The molecule has 0 saturated carbocycles. The molecule has 2 unspecified atom stereocenters. The molecule has 2 nitrogen and oxygen atoms in total. The van der Waals surface area contributed by atoms with Crippen LogP contribution < -0.4 is 10.6 Å². The van der Waals surface area contributed by atoms with Crippen molar-refractivity contribution in [2.45, 2.75) is 19.4 Å². The summed E-state index contributed by atoms with van der Waals surface area (Å²) in [6, 6.07) is 15.5. The van der Waals surface area contributed by atoms with E-state index >= 15 is 0 Å². The Bertz CT molecular complexity index is 544. The first-order valence-electron chi connectivity index (χ1n) is 6.74. The van der Waals surface area contributed by atoms with Crippen LogP contribution in [0.25, 0.3) is 10.8 Å². The summed E-state index contributed by atoms with van der Waals surface area (Å²) in [7, 11) is 0. The lowest BCUT2D eigenvalue weighted by molar-refractivity contribution is 0.383. The molecule has 94 valence electrons. The molecule has 1 saturated heterocycles. The van der Waals surface area contributed by atoms with E-state index in [1.54, 1.807) is 0 Å². The van der Waals surface area contributed by atoms with E-state index in [-0.39, 0.29) is 0 Å². The van der Waals surface area contributed by atoms with Crippen molar-refractivity contribution in [3.8, 4) is 0 Å². The van der Waals surface area contributed by atoms with Gasteiger partial charge in [0, 0.05) is 30.2 Å². The number of piperidine rings is 1. The molecule has 1 aliphatic rings. The minimum atomic E-state index is 0.358.